The number of piperidine rings is 1. The van der Waals surface area contributed by atoms with Crippen molar-refractivity contribution in [2.75, 3.05) is 58.1 Å². The number of benzene rings is 1. The lowest BCUT2D eigenvalue weighted by Gasteiger charge is -2.33. The number of β-amino-alcohol motifs (C(OH)–C–C–N with tert-alkyl or cyclic N) is 1. The van der Waals surface area contributed by atoms with Gasteiger partial charge in [-0.2, -0.15) is 18.4 Å². The molecule has 1 aliphatic heterocycles. The number of nitrogen functional groups attached to an aromatic ring is 1. The number of pyridine rings is 1. The van der Waals surface area contributed by atoms with Crippen LogP contribution in [0, 0.1) is 17.2 Å². The predicted octanol–water partition coefficient (Wildman–Crippen LogP) is 3.75. The van der Waals surface area contributed by atoms with Gasteiger partial charge in [-0.25, -0.2) is 4.98 Å². The van der Waals surface area contributed by atoms with Crippen LogP contribution in [0.1, 0.15) is 30.5 Å². The largest absolute Gasteiger partial charge is 0.493 e. The van der Waals surface area contributed by atoms with Crippen molar-refractivity contribution < 1.29 is 27.8 Å². The van der Waals surface area contributed by atoms with E-state index in [0.29, 0.717) is 31.2 Å². The van der Waals surface area contributed by atoms with Gasteiger partial charge in [0.1, 0.15) is 11.8 Å². The number of alkyl halides is 3. The van der Waals surface area contributed by atoms with E-state index in [1.807, 2.05) is 6.07 Å². The number of anilines is 2. The third-order valence-corrected chi connectivity index (χ3v) is 6.33. The van der Waals surface area contributed by atoms with Gasteiger partial charge in [-0.15, -0.1) is 0 Å². The second kappa shape index (κ2) is 12.3. The van der Waals surface area contributed by atoms with E-state index in [0.717, 1.165) is 32.0 Å². The minimum absolute atomic E-state index is 0.0648. The number of nitriles is 1. The Hall–Kier alpha value is -3.07. The highest BCUT2D eigenvalue weighted by molar-refractivity contribution is 5.77. The molecule has 0 bridgehead atoms. The van der Waals surface area contributed by atoms with E-state index in [-0.39, 0.29) is 35.0 Å². The van der Waals surface area contributed by atoms with E-state index in [9.17, 15) is 23.5 Å². The van der Waals surface area contributed by atoms with E-state index in [1.54, 1.807) is 14.2 Å². The van der Waals surface area contributed by atoms with Gasteiger partial charge in [0.15, 0.2) is 5.69 Å². The Morgan fingerprint density at radius 3 is 2.64 bits per heavy atom. The molecule has 11 heteroatoms. The zero-order chi connectivity index (χ0) is 26.3. The van der Waals surface area contributed by atoms with Crippen molar-refractivity contribution >= 4 is 11.4 Å². The van der Waals surface area contributed by atoms with E-state index in [1.165, 1.54) is 18.2 Å². The predicted molar refractivity (Wildman–Crippen MR) is 131 cm³/mol. The molecule has 1 saturated heterocycles. The molecule has 0 spiro atoms. The van der Waals surface area contributed by atoms with Gasteiger partial charge in [0.05, 0.1) is 41.9 Å². The number of aromatic nitrogens is 1. The number of nitrogens with two attached hydrogens (primary N) is 1. The molecule has 4 N–H and O–H groups in total. The topological polar surface area (TPSA) is 117 Å². The average Bonchev–Trinajstić information content (AvgIpc) is 2.85. The average molecular weight is 508 g/mol. The lowest BCUT2D eigenvalue weighted by atomic mass is 9.94. The maximum absolute atomic E-state index is 13.9. The molecule has 0 unspecified atom stereocenters. The summed E-state index contributed by atoms with van der Waals surface area (Å²) in [5, 5.41) is 22.0. The highest BCUT2D eigenvalue weighted by Gasteiger charge is 2.35. The molecular weight excluding hydrogens is 475 g/mol. The standard InChI is InChI=1S/C25H32F3N5O3/c1-31-21-12-20(32-22(13-29)24(21)30)17-3-4-23(19(11-17)25(26,27)28)36-10-7-16-5-8-33(9-6-16)14-18(34)15-35-2/h3-4,11-12,16,18,34H,5-10,14-15,30H2,1-2H3,(H,31,32)/t18-/m0/s1. The summed E-state index contributed by atoms with van der Waals surface area (Å²) < 4.78 is 52.1. The van der Waals surface area contributed by atoms with Crippen molar-refractivity contribution in [1.29, 1.82) is 5.26 Å². The number of nitrogens with zero attached hydrogens (tertiary/aromatic N) is 3. The minimum Gasteiger partial charge on any atom is -0.493 e. The Labute approximate surface area is 208 Å². The van der Waals surface area contributed by atoms with Gasteiger partial charge in [0, 0.05) is 26.3 Å². The molecule has 0 radical (unpaired) electrons. The van der Waals surface area contributed by atoms with Crippen molar-refractivity contribution in [3.05, 3.63) is 35.5 Å². The van der Waals surface area contributed by atoms with E-state index >= 15 is 0 Å². The Kier molecular flexibility index (Phi) is 9.37. The second-order valence-corrected chi connectivity index (χ2v) is 8.88. The maximum Gasteiger partial charge on any atom is 0.419 e. The zero-order valence-corrected chi connectivity index (χ0v) is 20.4. The van der Waals surface area contributed by atoms with Crippen LogP contribution in [0.5, 0.6) is 5.75 Å². The highest BCUT2D eigenvalue weighted by Crippen LogP contribution is 2.39. The number of likely N-dealkylation sites (tertiary alicyclic amines) is 1. The lowest BCUT2D eigenvalue weighted by Crippen LogP contribution is -2.40. The molecule has 196 valence electrons. The quantitative estimate of drug-likeness (QED) is 0.445. The number of nitrogens with one attached hydrogen (secondary N) is 1. The number of methoxy groups -OCH3 is 1. The van der Waals surface area contributed by atoms with Gasteiger partial charge in [0.2, 0.25) is 0 Å². The molecule has 3 rings (SSSR count). The van der Waals surface area contributed by atoms with Crippen LogP contribution < -0.4 is 15.8 Å². The first-order valence-corrected chi connectivity index (χ1v) is 11.8. The van der Waals surface area contributed by atoms with Crippen LogP contribution in [0.4, 0.5) is 24.5 Å². The zero-order valence-electron chi connectivity index (χ0n) is 20.4. The fourth-order valence-corrected chi connectivity index (χ4v) is 4.37. The Balaban J connectivity index is 1.66. The van der Waals surface area contributed by atoms with Crippen LogP contribution in [0.3, 0.4) is 0 Å². The molecule has 1 atom stereocenters. The first kappa shape index (κ1) is 27.5. The number of rotatable bonds is 10. The highest BCUT2D eigenvalue weighted by atomic mass is 19.4. The number of hydrogen-bond donors (Lipinski definition) is 3. The number of aliphatic hydroxyl groups is 1. The second-order valence-electron chi connectivity index (χ2n) is 8.88. The van der Waals surface area contributed by atoms with E-state index in [4.69, 9.17) is 15.2 Å². The van der Waals surface area contributed by atoms with Crippen molar-refractivity contribution in [3.63, 3.8) is 0 Å². The number of aliphatic hydroxyl groups excluding tert-OH is 1. The summed E-state index contributed by atoms with van der Waals surface area (Å²) >= 11 is 0. The van der Waals surface area contributed by atoms with Crippen LogP contribution in [0.25, 0.3) is 11.3 Å². The summed E-state index contributed by atoms with van der Waals surface area (Å²) in [4.78, 5) is 6.29. The van der Waals surface area contributed by atoms with Gasteiger partial charge in [0.25, 0.3) is 0 Å². The molecular formula is C25H32F3N5O3. The summed E-state index contributed by atoms with van der Waals surface area (Å²) in [6, 6.07) is 7.15. The first-order chi connectivity index (χ1) is 17.2. The Morgan fingerprint density at radius 1 is 1.31 bits per heavy atom. The van der Waals surface area contributed by atoms with Gasteiger partial charge in [-0.1, -0.05) is 0 Å². The number of ether oxygens (including phenoxy) is 2. The summed E-state index contributed by atoms with van der Waals surface area (Å²) in [6.45, 7) is 2.65. The van der Waals surface area contributed by atoms with Gasteiger partial charge in [-0.05, 0) is 62.5 Å². The van der Waals surface area contributed by atoms with Crippen LogP contribution in [0.2, 0.25) is 0 Å². The molecule has 2 aromatic rings. The van der Waals surface area contributed by atoms with Gasteiger partial charge < -0.3 is 30.5 Å². The first-order valence-electron chi connectivity index (χ1n) is 11.8. The molecule has 1 fully saturated rings. The molecule has 1 aromatic carbocycles. The Bertz CT molecular complexity index is 1070. The summed E-state index contributed by atoms with van der Waals surface area (Å²) in [5.74, 6) is 0.105. The molecule has 2 heterocycles. The molecule has 0 aliphatic carbocycles. The fraction of sp³-hybridized carbons (Fsp3) is 0.520. The van der Waals surface area contributed by atoms with Crippen molar-refractivity contribution in [2.24, 2.45) is 5.92 Å². The number of hydrogen-bond acceptors (Lipinski definition) is 8. The molecule has 36 heavy (non-hydrogen) atoms. The summed E-state index contributed by atoms with van der Waals surface area (Å²) in [5.41, 5.74) is 5.84. The molecule has 0 saturated carbocycles. The van der Waals surface area contributed by atoms with Crippen LogP contribution in [-0.2, 0) is 10.9 Å². The Morgan fingerprint density at radius 2 is 2.03 bits per heavy atom. The number of halogens is 3. The molecule has 0 amide bonds. The fourth-order valence-electron chi connectivity index (χ4n) is 4.37. The molecule has 8 nitrogen and oxygen atoms in total. The lowest BCUT2D eigenvalue weighted by molar-refractivity contribution is -0.138. The van der Waals surface area contributed by atoms with Crippen LogP contribution in [-0.4, -0.2) is 68.1 Å². The monoisotopic (exact) mass is 507 g/mol. The third-order valence-electron chi connectivity index (χ3n) is 6.33. The van der Waals surface area contributed by atoms with E-state index < -0.39 is 17.8 Å². The smallest absolute Gasteiger partial charge is 0.419 e. The normalized spacial score (nSPS) is 15.9. The molecule has 1 aliphatic rings. The minimum atomic E-state index is -4.63. The van der Waals surface area contributed by atoms with Crippen LogP contribution in [0.15, 0.2) is 24.3 Å². The van der Waals surface area contributed by atoms with Crippen molar-refractivity contribution in [2.45, 2.75) is 31.5 Å². The van der Waals surface area contributed by atoms with Crippen LogP contribution >= 0.6 is 0 Å². The van der Waals surface area contributed by atoms with E-state index in [2.05, 4.69) is 15.2 Å². The van der Waals surface area contributed by atoms with Crippen molar-refractivity contribution in [1.82, 2.24) is 9.88 Å². The third kappa shape index (κ3) is 7.00. The summed E-state index contributed by atoms with van der Waals surface area (Å²) in [7, 11) is 3.15. The van der Waals surface area contributed by atoms with Gasteiger partial charge >= 0.3 is 6.18 Å². The summed E-state index contributed by atoms with van der Waals surface area (Å²) in [6.07, 6.45) is -2.72. The van der Waals surface area contributed by atoms with Gasteiger partial charge in [-0.3, -0.25) is 0 Å². The van der Waals surface area contributed by atoms with Crippen molar-refractivity contribution in [3.8, 4) is 23.1 Å². The SMILES string of the molecule is CNc1cc(-c2ccc(OCCC3CCN(C[C@H](O)COC)CC3)c(C(F)(F)F)c2)nc(C#N)c1N. The maximum atomic E-state index is 13.9. The molecule has 1 aromatic heterocycles.